The molecule has 3 rings (SSSR count). The average Bonchev–Trinajstić information content (AvgIpc) is 3.05. The van der Waals surface area contributed by atoms with E-state index in [4.69, 9.17) is 16.5 Å². The summed E-state index contributed by atoms with van der Waals surface area (Å²) in [6, 6.07) is 11.4. The third-order valence-electron chi connectivity index (χ3n) is 5.99. The molecule has 0 spiro atoms. The van der Waals surface area contributed by atoms with Gasteiger partial charge in [-0.3, -0.25) is 9.59 Å². The number of thioether (sulfide) groups is 1. The molecule has 10 heteroatoms. The van der Waals surface area contributed by atoms with Gasteiger partial charge in [0.2, 0.25) is 11.8 Å². The largest absolute Gasteiger partial charge is 0.369 e. The van der Waals surface area contributed by atoms with E-state index < -0.39 is 17.1 Å². The molecule has 2 amide bonds. The molecule has 1 saturated heterocycles. The second-order valence-corrected chi connectivity index (χ2v) is 9.57. The van der Waals surface area contributed by atoms with Crippen molar-refractivity contribution in [3.8, 4) is 12.1 Å². The normalized spacial score (nSPS) is 15.0. The van der Waals surface area contributed by atoms with Crippen molar-refractivity contribution in [1.29, 1.82) is 10.5 Å². The van der Waals surface area contributed by atoms with Gasteiger partial charge in [-0.05, 0) is 43.1 Å². The minimum absolute atomic E-state index is 0.0959. The molecule has 1 fully saturated rings. The van der Waals surface area contributed by atoms with E-state index in [2.05, 4.69) is 29.0 Å². The van der Waals surface area contributed by atoms with E-state index in [1.165, 1.54) is 0 Å². The number of hydrogen-bond donors (Lipinski definition) is 2. The van der Waals surface area contributed by atoms with Gasteiger partial charge in [-0.1, -0.05) is 43.0 Å². The third-order valence-corrected chi connectivity index (χ3v) is 7.25. The lowest BCUT2D eigenvalue weighted by molar-refractivity contribution is -0.118. The second-order valence-electron chi connectivity index (χ2n) is 8.48. The van der Waals surface area contributed by atoms with Crippen LogP contribution in [0.3, 0.4) is 0 Å². The average molecular weight is 492 g/mol. The molecule has 2 aromatic rings. The summed E-state index contributed by atoms with van der Waals surface area (Å²) < 4.78 is 0. The SMILES string of the molecule is CCc1c(C#N)c(SC(C(N)=O)c2ccc(CC(N)=O)cc2)nc(N2CCCN(C)CC2)c1C#N. The summed E-state index contributed by atoms with van der Waals surface area (Å²) in [5.41, 5.74) is 13.7. The van der Waals surface area contributed by atoms with Gasteiger partial charge in [0.25, 0.3) is 0 Å². The van der Waals surface area contributed by atoms with Crippen LogP contribution in [0.1, 0.15) is 46.4 Å². The topological polar surface area (TPSA) is 153 Å². The highest BCUT2D eigenvalue weighted by atomic mass is 32.2. The van der Waals surface area contributed by atoms with E-state index >= 15 is 0 Å². The summed E-state index contributed by atoms with van der Waals surface area (Å²) in [5.74, 6) is -0.483. The van der Waals surface area contributed by atoms with Crippen molar-refractivity contribution < 1.29 is 9.59 Å². The first-order chi connectivity index (χ1) is 16.8. The van der Waals surface area contributed by atoms with Crippen molar-refractivity contribution in [2.24, 2.45) is 11.5 Å². The summed E-state index contributed by atoms with van der Waals surface area (Å²) in [5, 5.41) is 19.5. The molecule has 0 saturated carbocycles. The van der Waals surface area contributed by atoms with Crippen LogP contribution in [0.4, 0.5) is 5.82 Å². The molecule has 1 atom stereocenters. The maximum absolute atomic E-state index is 12.5. The van der Waals surface area contributed by atoms with Crippen LogP contribution in [0, 0.1) is 22.7 Å². The van der Waals surface area contributed by atoms with Gasteiger partial charge in [0.15, 0.2) is 0 Å². The molecular formula is C25H29N7O2S. The molecule has 0 bridgehead atoms. The van der Waals surface area contributed by atoms with Gasteiger partial charge in [-0.25, -0.2) is 4.98 Å². The quantitative estimate of drug-likeness (QED) is 0.531. The first kappa shape index (κ1) is 26.0. The van der Waals surface area contributed by atoms with Gasteiger partial charge in [-0.2, -0.15) is 10.5 Å². The predicted molar refractivity (Wildman–Crippen MR) is 135 cm³/mol. The fraction of sp³-hybridized carbons (Fsp3) is 0.400. The van der Waals surface area contributed by atoms with Crippen LogP contribution >= 0.6 is 11.8 Å². The number of hydrogen-bond acceptors (Lipinski definition) is 8. The number of nitrogens with zero attached hydrogens (tertiary/aromatic N) is 5. The highest BCUT2D eigenvalue weighted by molar-refractivity contribution is 8.00. The first-order valence-corrected chi connectivity index (χ1v) is 12.3. The van der Waals surface area contributed by atoms with Crippen LogP contribution in [-0.4, -0.2) is 54.9 Å². The van der Waals surface area contributed by atoms with Gasteiger partial charge in [0, 0.05) is 19.6 Å². The van der Waals surface area contributed by atoms with Gasteiger partial charge in [-0.15, -0.1) is 0 Å². The van der Waals surface area contributed by atoms with E-state index in [1.54, 1.807) is 24.3 Å². The predicted octanol–water partition coefficient (Wildman–Crippen LogP) is 1.88. The standard InChI is InChI=1S/C25H29N7O2S/c1-3-18-19(14-26)24(32-10-4-9-31(2)11-12-32)30-25(20(18)15-27)35-22(23(29)34)17-7-5-16(6-8-17)13-21(28)33/h5-8,22H,3-4,9-13H2,1-2H3,(H2,28,33)(H2,29,34). The third kappa shape index (κ3) is 6.10. The lowest BCUT2D eigenvalue weighted by Gasteiger charge is -2.25. The van der Waals surface area contributed by atoms with Crippen LogP contribution < -0.4 is 16.4 Å². The maximum atomic E-state index is 12.5. The van der Waals surface area contributed by atoms with Crippen molar-refractivity contribution in [2.45, 2.75) is 36.5 Å². The van der Waals surface area contributed by atoms with E-state index in [-0.39, 0.29) is 6.42 Å². The maximum Gasteiger partial charge on any atom is 0.235 e. The highest BCUT2D eigenvalue weighted by Gasteiger charge is 2.28. The lowest BCUT2D eigenvalue weighted by atomic mass is 10.0. The Bertz CT molecular complexity index is 1180. The Morgan fingerprint density at radius 1 is 1.09 bits per heavy atom. The minimum Gasteiger partial charge on any atom is -0.369 e. The summed E-state index contributed by atoms with van der Waals surface area (Å²) >= 11 is 1.11. The van der Waals surface area contributed by atoms with Crippen molar-refractivity contribution in [1.82, 2.24) is 9.88 Å². The molecule has 2 heterocycles. The number of aromatic nitrogens is 1. The van der Waals surface area contributed by atoms with Crippen molar-refractivity contribution in [2.75, 3.05) is 38.1 Å². The molecule has 35 heavy (non-hydrogen) atoms. The fourth-order valence-electron chi connectivity index (χ4n) is 4.17. The Labute approximate surface area is 209 Å². The molecule has 4 N–H and O–H groups in total. The Morgan fingerprint density at radius 3 is 2.34 bits per heavy atom. The van der Waals surface area contributed by atoms with Gasteiger partial charge < -0.3 is 21.3 Å². The number of nitriles is 2. The number of nitrogens with two attached hydrogens (primary N) is 2. The lowest BCUT2D eigenvalue weighted by Crippen LogP contribution is -2.30. The van der Waals surface area contributed by atoms with Crippen LogP contribution in [0.5, 0.6) is 0 Å². The van der Waals surface area contributed by atoms with Gasteiger partial charge >= 0.3 is 0 Å². The van der Waals surface area contributed by atoms with E-state index in [0.717, 1.165) is 43.4 Å². The minimum atomic E-state index is -0.807. The Morgan fingerprint density at radius 2 is 1.77 bits per heavy atom. The number of amides is 2. The number of benzene rings is 1. The monoisotopic (exact) mass is 491 g/mol. The number of primary amides is 2. The molecule has 1 aliphatic rings. The smallest absolute Gasteiger partial charge is 0.235 e. The van der Waals surface area contributed by atoms with Crippen molar-refractivity contribution in [3.63, 3.8) is 0 Å². The molecule has 1 unspecified atom stereocenters. The molecular weight excluding hydrogens is 462 g/mol. The van der Waals surface area contributed by atoms with Gasteiger partial charge in [0.05, 0.1) is 17.5 Å². The van der Waals surface area contributed by atoms with E-state index in [0.29, 0.717) is 46.1 Å². The highest BCUT2D eigenvalue weighted by Crippen LogP contribution is 2.39. The number of likely N-dealkylation sites (N-methyl/N-ethyl adjacent to an activating group) is 1. The zero-order chi connectivity index (χ0) is 25.5. The van der Waals surface area contributed by atoms with Crippen LogP contribution in [-0.2, 0) is 22.4 Å². The summed E-state index contributed by atoms with van der Waals surface area (Å²) in [7, 11) is 2.06. The van der Waals surface area contributed by atoms with Gasteiger partial charge in [0.1, 0.15) is 28.2 Å². The molecule has 1 aliphatic heterocycles. The van der Waals surface area contributed by atoms with E-state index in [1.807, 2.05) is 6.92 Å². The van der Waals surface area contributed by atoms with Crippen molar-refractivity contribution in [3.05, 3.63) is 52.1 Å². The molecule has 1 aromatic heterocycles. The van der Waals surface area contributed by atoms with Crippen LogP contribution in [0.25, 0.3) is 0 Å². The number of pyridine rings is 1. The molecule has 182 valence electrons. The zero-order valence-corrected chi connectivity index (χ0v) is 20.8. The molecule has 9 nitrogen and oxygen atoms in total. The molecule has 0 radical (unpaired) electrons. The fourth-order valence-corrected chi connectivity index (χ4v) is 5.23. The summed E-state index contributed by atoms with van der Waals surface area (Å²) in [6.07, 6.45) is 1.50. The Kier molecular flexibility index (Phi) is 8.69. The van der Waals surface area contributed by atoms with E-state index in [9.17, 15) is 20.1 Å². The first-order valence-electron chi connectivity index (χ1n) is 11.4. The second kappa shape index (κ2) is 11.7. The summed E-state index contributed by atoms with van der Waals surface area (Å²) in [6.45, 7) is 5.13. The Hall–Kier alpha value is -3.60. The number of carbonyl (C=O) groups is 2. The Balaban J connectivity index is 2.06. The van der Waals surface area contributed by atoms with Crippen LogP contribution in [0.2, 0.25) is 0 Å². The molecule has 0 aliphatic carbocycles. The zero-order valence-electron chi connectivity index (χ0n) is 20.0. The molecule has 1 aromatic carbocycles. The number of carbonyl (C=O) groups excluding carboxylic acids is 2. The van der Waals surface area contributed by atoms with Crippen molar-refractivity contribution >= 4 is 29.4 Å². The number of anilines is 1. The number of rotatable bonds is 8. The van der Waals surface area contributed by atoms with Crippen LogP contribution in [0.15, 0.2) is 29.3 Å². The summed E-state index contributed by atoms with van der Waals surface area (Å²) in [4.78, 5) is 32.8.